The van der Waals surface area contributed by atoms with E-state index in [1.807, 2.05) is 44.2 Å². The van der Waals surface area contributed by atoms with Crippen molar-refractivity contribution in [3.63, 3.8) is 0 Å². The molecule has 4 heterocycles. The second kappa shape index (κ2) is 9.92. The summed E-state index contributed by atoms with van der Waals surface area (Å²) in [5.74, 6) is 0.107. The van der Waals surface area contributed by atoms with E-state index < -0.39 is 5.97 Å². The van der Waals surface area contributed by atoms with Crippen LogP contribution in [-0.4, -0.2) is 38.1 Å². The molecule has 0 unspecified atom stereocenters. The summed E-state index contributed by atoms with van der Waals surface area (Å²) in [5, 5.41) is 1.02. The monoisotopic (exact) mass is 475 g/mol. The molecule has 1 atom stereocenters. The van der Waals surface area contributed by atoms with Gasteiger partial charge in [0.25, 0.3) is 0 Å². The number of methoxy groups -OCH3 is 1. The Morgan fingerprint density at radius 3 is 2.63 bits per heavy atom. The lowest BCUT2D eigenvalue weighted by Gasteiger charge is -2.11. The lowest BCUT2D eigenvalue weighted by molar-refractivity contribution is 0.0377. The zero-order chi connectivity index (χ0) is 25.3. The van der Waals surface area contributed by atoms with Gasteiger partial charge in [-0.25, -0.2) is 14.8 Å². The number of nitrogens with two attached hydrogens (primary N) is 1. The topological polar surface area (TPSA) is 96.7 Å². The highest BCUT2D eigenvalue weighted by Gasteiger charge is 2.22. The molecule has 35 heavy (non-hydrogen) atoms. The minimum absolute atomic E-state index is 0.162. The number of aromatic nitrogens is 4. The largest absolute Gasteiger partial charge is 0.482 e. The second-order valence-corrected chi connectivity index (χ2v) is 9.03. The van der Waals surface area contributed by atoms with Crippen LogP contribution < -0.4 is 10.5 Å². The first-order chi connectivity index (χ1) is 16.7. The minimum Gasteiger partial charge on any atom is -0.482 e. The highest BCUT2D eigenvalue weighted by Crippen LogP contribution is 2.33. The molecular weight excluding hydrogens is 442 g/mol. The molecule has 0 aliphatic rings. The van der Waals surface area contributed by atoms with Gasteiger partial charge < -0.3 is 19.8 Å². The number of carbonyl (C=O) groups is 1. The smallest absolute Gasteiger partial charge is 0.338 e. The molecule has 0 aliphatic carbocycles. The van der Waals surface area contributed by atoms with Crippen molar-refractivity contribution in [2.45, 2.75) is 59.2 Å². The van der Waals surface area contributed by atoms with E-state index in [1.54, 1.807) is 19.2 Å². The lowest BCUT2D eigenvalue weighted by atomic mass is 10.2. The Bertz CT molecular complexity index is 1400. The number of hydrogen-bond acceptors (Lipinski definition) is 6. The van der Waals surface area contributed by atoms with Gasteiger partial charge in [0, 0.05) is 24.0 Å². The van der Waals surface area contributed by atoms with Gasteiger partial charge in [0.1, 0.15) is 17.0 Å². The number of allylic oxidation sites excluding steroid dienone is 1. The summed E-state index contributed by atoms with van der Waals surface area (Å²) in [7, 11) is 1.58. The third-order valence-corrected chi connectivity index (χ3v) is 5.97. The third kappa shape index (κ3) is 4.66. The molecule has 0 amide bonds. The lowest BCUT2D eigenvalue weighted by Crippen LogP contribution is -2.12. The van der Waals surface area contributed by atoms with Crippen molar-refractivity contribution >= 4 is 22.6 Å². The summed E-state index contributed by atoms with van der Waals surface area (Å²) >= 11 is 0. The van der Waals surface area contributed by atoms with E-state index in [0.29, 0.717) is 17.1 Å². The molecule has 0 spiro atoms. The average Bonchev–Trinajstić information content (AvgIpc) is 3.35. The quantitative estimate of drug-likeness (QED) is 0.203. The average molecular weight is 476 g/mol. The van der Waals surface area contributed by atoms with Gasteiger partial charge in [-0.15, -0.1) is 6.58 Å². The number of rotatable bonds is 9. The number of imidazole rings is 1. The van der Waals surface area contributed by atoms with Gasteiger partial charge >= 0.3 is 5.97 Å². The van der Waals surface area contributed by atoms with Gasteiger partial charge in [-0.1, -0.05) is 6.08 Å². The molecule has 184 valence electrons. The number of fused-ring (bicyclic) bond motifs is 2. The molecule has 0 saturated heterocycles. The van der Waals surface area contributed by atoms with Crippen molar-refractivity contribution in [2.24, 2.45) is 5.73 Å². The Kier molecular flexibility index (Phi) is 6.93. The summed E-state index contributed by atoms with van der Waals surface area (Å²) in [6, 6.07) is 9.39. The fourth-order valence-electron chi connectivity index (χ4n) is 4.28. The van der Waals surface area contributed by atoms with E-state index in [0.717, 1.165) is 53.2 Å². The van der Waals surface area contributed by atoms with Crippen molar-refractivity contribution in [3.05, 3.63) is 59.9 Å². The standard InChI is InChI=1S/C27H33N5O3/c1-7-8-9-12-31-22(13-19-10-11-21(17(4)28)29-26(19)31)25-18(5)32-23(30-25)14-20(15-24(32)34-6)27(33)35-16(2)3/h7,10-11,13-17H,1,8-9,12,28H2,2-6H3/t17-/m1/s1. The summed E-state index contributed by atoms with van der Waals surface area (Å²) in [4.78, 5) is 22.4. The van der Waals surface area contributed by atoms with E-state index in [9.17, 15) is 4.79 Å². The highest BCUT2D eigenvalue weighted by atomic mass is 16.5. The molecule has 0 aliphatic heterocycles. The second-order valence-electron chi connectivity index (χ2n) is 9.03. The van der Waals surface area contributed by atoms with Crippen LogP contribution >= 0.6 is 0 Å². The van der Waals surface area contributed by atoms with Crippen molar-refractivity contribution in [3.8, 4) is 17.3 Å². The van der Waals surface area contributed by atoms with Crippen LogP contribution in [0.4, 0.5) is 0 Å². The predicted molar refractivity (Wildman–Crippen MR) is 138 cm³/mol. The fourth-order valence-corrected chi connectivity index (χ4v) is 4.28. The molecule has 4 aromatic rings. The third-order valence-electron chi connectivity index (χ3n) is 5.97. The first-order valence-electron chi connectivity index (χ1n) is 11.9. The number of pyridine rings is 2. The molecule has 0 bridgehead atoms. The Morgan fingerprint density at radius 2 is 1.97 bits per heavy atom. The van der Waals surface area contributed by atoms with Gasteiger partial charge in [-0.3, -0.25) is 4.40 Å². The highest BCUT2D eigenvalue weighted by molar-refractivity contribution is 5.91. The number of ether oxygens (including phenoxy) is 2. The van der Waals surface area contributed by atoms with Gasteiger partial charge in [-0.05, 0) is 64.8 Å². The van der Waals surface area contributed by atoms with Gasteiger partial charge in [0.05, 0.1) is 35.9 Å². The molecule has 0 saturated carbocycles. The molecule has 4 rings (SSSR count). The fraction of sp³-hybridized carbons (Fsp3) is 0.370. The van der Waals surface area contributed by atoms with Crippen LogP contribution in [0.5, 0.6) is 5.88 Å². The zero-order valence-corrected chi connectivity index (χ0v) is 21.0. The van der Waals surface area contributed by atoms with E-state index in [1.165, 1.54) is 0 Å². The van der Waals surface area contributed by atoms with E-state index in [-0.39, 0.29) is 12.1 Å². The van der Waals surface area contributed by atoms with Crippen LogP contribution in [0.1, 0.15) is 61.4 Å². The normalized spacial score (nSPS) is 12.4. The van der Waals surface area contributed by atoms with Crippen molar-refractivity contribution in [1.29, 1.82) is 0 Å². The van der Waals surface area contributed by atoms with E-state index >= 15 is 0 Å². The molecule has 0 aromatic carbocycles. The molecule has 0 radical (unpaired) electrons. The summed E-state index contributed by atoms with van der Waals surface area (Å²) in [6.07, 6.45) is 3.52. The first kappa shape index (κ1) is 24.5. The maximum atomic E-state index is 12.6. The first-order valence-corrected chi connectivity index (χ1v) is 11.9. The maximum absolute atomic E-state index is 12.6. The number of unbranched alkanes of at least 4 members (excludes halogenated alkanes) is 1. The van der Waals surface area contributed by atoms with Crippen LogP contribution in [0.25, 0.3) is 28.1 Å². The van der Waals surface area contributed by atoms with Crippen molar-refractivity contribution in [1.82, 2.24) is 18.9 Å². The predicted octanol–water partition coefficient (Wildman–Crippen LogP) is 5.22. The molecule has 8 nitrogen and oxygen atoms in total. The zero-order valence-electron chi connectivity index (χ0n) is 21.0. The number of aryl methyl sites for hydroxylation is 2. The summed E-state index contributed by atoms with van der Waals surface area (Å²) < 4.78 is 15.1. The number of carbonyl (C=O) groups excluding carboxylic acids is 1. The maximum Gasteiger partial charge on any atom is 0.338 e. The van der Waals surface area contributed by atoms with Crippen LogP contribution in [0.15, 0.2) is 43.0 Å². The van der Waals surface area contributed by atoms with Gasteiger partial charge in [0.15, 0.2) is 5.88 Å². The molecule has 2 N–H and O–H groups in total. The number of hydrogen-bond donors (Lipinski definition) is 1. The van der Waals surface area contributed by atoms with Gasteiger partial charge in [0.2, 0.25) is 0 Å². The Balaban J connectivity index is 1.91. The SMILES string of the molecule is C=CCCCn1c(-c2nc3cc(C(=O)OC(C)C)cc(OC)n3c2C)cc2ccc([C@@H](C)N)nc21. The Labute approximate surface area is 205 Å². The summed E-state index contributed by atoms with van der Waals surface area (Å²) in [5.41, 5.74) is 11.5. The van der Waals surface area contributed by atoms with Crippen LogP contribution in [0, 0.1) is 6.92 Å². The van der Waals surface area contributed by atoms with E-state index in [4.69, 9.17) is 25.2 Å². The minimum atomic E-state index is -0.408. The van der Waals surface area contributed by atoms with Crippen molar-refractivity contribution in [2.75, 3.05) is 7.11 Å². The van der Waals surface area contributed by atoms with Crippen LogP contribution in [-0.2, 0) is 11.3 Å². The Hall–Kier alpha value is -3.65. The van der Waals surface area contributed by atoms with Crippen molar-refractivity contribution < 1.29 is 14.3 Å². The van der Waals surface area contributed by atoms with Crippen LogP contribution in [0.3, 0.4) is 0 Å². The number of nitrogens with zero attached hydrogens (tertiary/aromatic N) is 4. The molecule has 4 aromatic heterocycles. The molecule has 0 fully saturated rings. The van der Waals surface area contributed by atoms with Crippen LogP contribution in [0.2, 0.25) is 0 Å². The number of esters is 1. The Morgan fingerprint density at radius 1 is 1.20 bits per heavy atom. The molecular formula is C27H33N5O3. The van der Waals surface area contributed by atoms with Gasteiger partial charge in [-0.2, -0.15) is 0 Å². The summed E-state index contributed by atoms with van der Waals surface area (Å²) in [6.45, 7) is 12.2. The van der Waals surface area contributed by atoms with E-state index in [2.05, 4.69) is 23.3 Å². The molecule has 8 heteroatoms.